The van der Waals surface area contributed by atoms with Crippen molar-refractivity contribution in [2.45, 2.75) is 136 Å². The smallest absolute Gasteiger partial charge is 0.0726 e. The molecule has 172 valence electrons. The summed E-state index contributed by atoms with van der Waals surface area (Å²) in [7, 11) is 0. The first-order valence-corrected chi connectivity index (χ1v) is 13.2. The van der Waals surface area contributed by atoms with Crippen LogP contribution in [0, 0.1) is 0 Å². The van der Waals surface area contributed by atoms with Gasteiger partial charge in [-0.05, 0) is 41.9 Å². The molecule has 1 atom stereocenters. The first-order chi connectivity index (χ1) is 14.4. The van der Waals surface area contributed by atoms with Crippen LogP contribution in [0.5, 0.6) is 0 Å². The van der Waals surface area contributed by atoms with E-state index in [1.165, 1.54) is 93.7 Å². The minimum absolute atomic E-state index is 0.345. The van der Waals surface area contributed by atoms with Gasteiger partial charge in [-0.2, -0.15) is 0 Å². The lowest BCUT2D eigenvalue weighted by atomic mass is 9.83. The Kier molecular flexibility index (Phi) is 14.3. The third kappa shape index (κ3) is 10.4. The van der Waals surface area contributed by atoms with Crippen LogP contribution in [0.25, 0.3) is 0 Å². The third-order valence-electron chi connectivity index (χ3n) is 6.24. The van der Waals surface area contributed by atoms with E-state index < -0.39 is 0 Å². The quantitative estimate of drug-likeness (QED) is 0.206. The number of hydrogen-bond donors (Lipinski definition) is 1. The largest absolute Gasteiger partial charge is 0.373 e. The minimum Gasteiger partial charge on any atom is -0.373 e. The van der Waals surface area contributed by atoms with Crippen LogP contribution in [-0.2, 0) is 0 Å². The van der Waals surface area contributed by atoms with Crippen molar-refractivity contribution in [3.05, 3.63) is 34.9 Å². The Labute approximate surface area is 193 Å². The summed E-state index contributed by atoms with van der Waals surface area (Å²) in [6.07, 6.45) is 16.5. The highest BCUT2D eigenvalue weighted by atomic mass is 32.1. The summed E-state index contributed by atoms with van der Waals surface area (Å²) in [5.41, 5.74) is 4.48. The van der Waals surface area contributed by atoms with Crippen LogP contribution < -0.4 is 5.32 Å². The van der Waals surface area contributed by atoms with Gasteiger partial charge >= 0.3 is 0 Å². The Hall–Kier alpha value is -0.890. The summed E-state index contributed by atoms with van der Waals surface area (Å²) >= 11 is 5.47. The molecule has 0 aliphatic carbocycles. The second kappa shape index (κ2) is 15.8. The molecule has 0 aliphatic rings. The van der Waals surface area contributed by atoms with Gasteiger partial charge < -0.3 is 5.32 Å². The number of rotatable bonds is 16. The van der Waals surface area contributed by atoms with E-state index in [-0.39, 0.29) is 0 Å². The molecular weight excluding hydrogens is 382 g/mol. The monoisotopic (exact) mass is 431 g/mol. The molecule has 0 aromatic heterocycles. The normalized spacial score (nSPS) is 12.5. The van der Waals surface area contributed by atoms with Crippen molar-refractivity contribution in [3.8, 4) is 0 Å². The molecule has 2 heteroatoms. The zero-order valence-corrected chi connectivity index (χ0v) is 21.7. The molecule has 1 N–H and O–H groups in total. The average molecular weight is 432 g/mol. The van der Waals surface area contributed by atoms with Gasteiger partial charge in [0.15, 0.2) is 0 Å². The summed E-state index contributed by atoms with van der Waals surface area (Å²) in [5, 5.41) is 3.65. The van der Waals surface area contributed by atoms with Crippen LogP contribution in [0.2, 0.25) is 0 Å². The molecule has 0 fully saturated rings. The predicted octanol–water partition coefficient (Wildman–Crippen LogP) is 9.61. The predicted molar refractivity (Wildman–Crippen MR) is 140 cm³/mol. The molecule has 0 saturated heterocycles. The molecule has 0 radical (unpaired) electrons. The Bertz CT molecular complexity index is 564. The minimum atomic E-state index is 0.345. The maximum absolute atomic E-state index is 5.47. The molecule has 1 unspecified atom stereocenters. The summed E-state index contributed by atoms with van der Waals surface area (Å²) in [6.45, 7) is 13.6. The van der Waals surface area contributed by atoms with Gasteiger partial charge in [0.05, 0.1) is 11.0 Å². The van der Waals surface area contributed by atoms with Gasteiger partial charge in [-0.3, -0.25) is 0 Å². The molecule has 1 nitrogen and oxygen atoms in total. The van der Waals surface area contributed by atoms with Crippen LogP contribution >= 0.6 is 12.2 Å². The summed E-state index contributed by atoms with van der Waals surface area (Å²) < 4.78 is 0. The standard InChI is InChI=1S/C28H49NS/c1-7-8-9-10-11-12-13-14-15-16-17-21-27(29-24(6)30)28-25(22(2)3)19-18-20-26(28)23(4)5/h18-20,22-23,27H,7-17,21H2,1-6H3,(H,29,30). The maximum Gasteiger partial charge on any atom is 0.0726 e. The summed E-state index contributed by atoms with van der Waals surface area (Å²) in [5.74, 6) is 1.07. The molecule has 0 heterocycles. The maximum atomic E-state index is 5.47. The van der Waals surface area contributed by atoms with E-state index in [0.717, 1.165) is 4.99 Å². The first-order valence-electron chi connectivity index (χ1n) is 12.8. The van der Waals surface area contributed by atoms with E-state index in [2.05, 4.69) is 58.1 Å². The lowest BCUT2D eigenvalue weighted by Crippen LogP contribution is -2.27. The Morgan fingerprint density at radius 1 is 0.767 bits per heavy atom. The van der Waals surface area contributed by atoms with Crippen molar-refractivity contribution in [1.29, 1.82) is 0 Å². The average Bonchev–Trinajstić information content (AvgIpc) is 2.70. The fourth-order valence-corrected chi connectivity index (χ4v) is 4.70. The number of hydrogen-bond acceptors (Lipinski definition) is 1. The number of thiocarbonyl (C=S) groups is 1. The summed E-state index contributed by atoms with van der Waals surface area (Å²) in [6, 6.07) is 7.22. The number of nitrogens with one attached hydrogen (secondary N) is 1. The van der Waals surface area contributed by atoms with Crippen LogP contribution in [0.1, 0.15) is 153 Å². The zero-order valence-electron chi connectivity index (χ0n) is 20.9. The molecule has 1 rings (SSSR count). The number of benzene rings is 1. The van der Waals surface area contributed by atoms with Crippen molar-refractivity contribution in [2.24, 2.45) is 0 Å². The van der Waals surface area contributed by atoms with Crippen molar-refractivity contribution < 1.29 is 0 Å². The van der Waals surface area contributed by atoms with E-state index in [1.807, 2.05) is 6.92 Å². The molecule has 0 saturated carbocycles. The van der Waals surface area contributed by atoms with E-state index in [0.29, 0.717) is 17.9 Å². The van der Waals surface area contributed by atoms with E-state index >= 15 is 0 Å². The second-order valence-corrected chi connectivity index (χ2v) is 10.3. The van der Waals surface area contributed by atoms with E-state index in [9.17, 15) is 0 Å². The van der Waals surface area contributed by atoms with Gasteiger partial charge in [-0.15, -0.1) is 0 Å². The molecule has 1 aromatic rings. The van der Waals surface area contributed by atoms with E-state index in [4.69, 9.17) is 12.2 Å². The third-order valence-corrected chi connectivity index (χ3v) is 6.36. The van der Waals surface area contributed by atoms with Crippen molar-refractivity contribution >= 4 is 17.2 Å². The lowest BCUT2D eigenvalue weighted by molar-refractivity contribution is 0.504. The molecule has 1 aromatic carbocycles. The fraction of sp³-hybridized carbons (Fsp3) is 0.750. The van der Waals surface area contributed by atoms with Gasteiger partial charge in [-0.1, -0.05) is 136 Å². The SMILES string of the molecule is CCCCCCCCCCCCCC(NC(C)=S)c1c(C(C)C)cccc1C(C)C. The van der Waals surface area contributed by atoms with Gasteiger partial charge in [-0.25, -0.2) is 0 Å². The van der Waals surface area contributed by atoms with Crippen LogP contribution in [0.15, 0.2) is 18.2 Å². The molecule has 30 heavy (non-hydrogen) atoms. The Morgan fingerprint density at radius 3 is 1.60 bits per heavy atom. The molecular formula is C28H49NS. The molecule has 0 bridgehead atoms. The van der Waals surface area contributed by atoms with Crippen molar-refractivity contribution in [3.63, 3.8) is 0 Å². The van der Waals surface area contributed by atoms with E-state index in [1.54, 1.807) is 0 Å². The van der Waals surface area contributed by atoms with Crippen LogP contribution in [0.4, 0.5) is 0 Å². The molecule has 0 amide bonds. The first kappa shape index (κ1) is 27.1. The van der Waals surface area contributed by atoms with Gasteiger partial charge in [0, 0.05) is 0 Å². The van der Waals surface area contributed by atoms with Crippen LogP contribution in [-0.4, -0.2) is 4.99 Å². The fourth-order valence-electron chi connectivity index (χ4n) is 4.56. The Morgan fingerprint density at radius 2 is 1.20 bits per heavy atom. The van der Waals surface area contributed by atoms with Gasteiger partial charge in [0.1, 0.15) is 0 Å². The van der Waals surface area contributed by atoms with Gasteiger partial charge in [0.25, 0.3) is 0 Å². The highest BCUT2D eigenvalue weighted by Gasteiger charge is 2.21. The molecule has 0 spiro atoms. The summed E-state index contributed by atoms with van der Waals surface area (Å²) in [4.78, 5) is 0.913. The second-order valence-electron chi connectivity index (χ2n) is 9.74. The highest BCUT2D eigenvalue weighted by molar-refractivity contribution is 7.80. The zero-order chi connectivity index (χ0) is 22.4. The van der Waals surface area contributed by atoms with Crippen molar-refractivity contribution in [2.75, 3.05) is 0 Å². The topological polar surface area (TPSA) is 12.0 Å². The lowest BCUT2D eigenvalue weighted by Gasteiger charge is -2.28. The Balaban J connectivity index is 2.57. The van der Waals surface area contributed by atoms with Crippen LogP contribution in [0.3, 0.4) is 0 Å². The van der Waals surface area contributed by atoms with Gasteiger partial charge in [0.2, 0.25) is 0 Å². The van der Waals surface area contributed by atoms with Crippen molar-refractivity contribution in [1.82, 2.24) is 5.32 Å². The molecule has 0 aliphatic heterocycles. The highest BCUT2D eigenvalue weighted by Crippen LogP contribution is 2.35. The number of unbranched alkanes of at least 4 members (excludes halogenated alkanes) is 10.